The van der Waals surface area contributed by atoms with E-state index in [4.69, 9.17) is 10.6 Å². The Morgan fingerprint density at radius 3 is 2.95 bits per heavy atom. The fourth-order valence-corrected chi connectivity index (χ4v) is 2.78. The lowest BCUT2D eigenvalue weighted by molar-refractivity contribution is 0.357. The number of hydrazine groups is 1. The molecule has 1 heterocycles. The summed E-state index contributed by atoms with van der Waals surface area (Å²) in [5.74, 6) is 6.38. The molecule has 3 rings (SSSR count). The van der Waals surface area contributed by atoms with Gasteiger partial charge in [0.05, 0.1) is 6.61 Å². The SMILES string of the molecule is NNC(CCc1ccc2c(c1)CCO2)c1cccc(F)c1. The van der Waals surface area contributed by atoms with Crippen molar-refractivity contribution >= 4 is 0 Å². The molecule has 1 unspecified atom stereocenters. The van der Waals surface area contributed by atoms with Crippen LogP contribution in [-0.2, 0) is 12.8 Å². The first-order valence-electron chi connectivity index (χ1n) is 7.22. The Labute approximate surface area is 123 Å². The number of ether oxygens (including phenoxy) is 1. The fraction of sp³-hybridized carbons (Fsp3) is 0.294. The van der Waals surface area contributed by atoms with Gasteiger partial charge in [-0.3, -0.25) is 11.3 Å². The summed E-state index contributed by atoms with van der Waals surface area (Å²) >= 11 is 0. The molecule has 0 aromatic heterocycles. The number of nitrogens with one attached hydrogen (secondary N) is 1. The molecular weight excluding hydrogens is 267 g/mol. The van der Waals surface area contributed by atoms with Crippen LogP contribution in [0.1, 0.15) is 29.2 Å². The number of hydrogen-bond acceptors (Lipinski definition) is 3. The molecule has 0 saturated heterocycles. The monoisotopic (exact) mass is 286 g/mol. The van der Waals surface area contributed by atoms with Gasteiger partial charge in [0.1, 0.15) is 11.6 Å². The van der Waals surface area contributed by atoms with Gasteiger partial charge >= 0.3 is 0 Å². The molecule has 0 bridgehead atoms. The van der Waals surface area contributed by atoms with Gasteiger partial charge in [-0.1, -0.05) is 24.3 Å². The van der Waals surface area contributed by atoms with E-state index in [1.54, 1.807) is 6.07 Å². The summed E-state index contributed by atoms with van der Waals surface area (Å²) in [5.41, 5.74) is 6.19. The van der Waals surface area contributed by atoms with Crippen molar-refractivity contribution in [2.45, 2.75) is 25.3 Å². The Bertz CT molecular complexity index is 630. The van der Waals surface area contributed by atoms with Crippen molar-refractivity contribution in [2.24, 2.45) is 5.84 Å². The van der Waals surface area contributed by atoms with E-state index in [1.807, 2.05) is 12.1 Å². The third-order valence-corrected chi connectivity index (χ3v) is 3.93. The van der Waals surface area contributed by atoms with E-state index in [1.165, 1.54) is 23.3 Å². The van der Waals surface area contributed by atoms with Gasteiger partial charge in [0, 0.05) is 12.5 Å². The van der Waals surface area contributed by atoms with E-state index in [0.29, 0.717) is 0 Å². The smallest absolute Gasteiger partial charge is 0.123 e. The average Bonchev–Trinajstić information content (AvgIpc) is 2.95. The molecule has 110 valence electrons. The van der Waals surface area contributed by atoms with Crippen LogP contribution in [-0.4, -0.2) is 6.61 Å². The molecule has 0 amide bonds. The van der Waals surface area contributed by atoms with Crippen molar-refractivity contribution in [1.82, 2.24) is 5.43 Å². The highest BCUT2D eigenvalue weighted by molar-refractivity contribution is 5.39. The summed E-state index contributed by atoms with van der Waals surface area (Å²) in [5, 5.41) is 0. The maximum absolute atomic E-state index is 13.3. The van der Waals surface area contributed by atoms with E-state index in [2.05, 4.69) is 17.6 Å². The molecule has 1 atom stereocenters. The highest BCUT2D eigenvalue weighted by atomic mass is 19.1. The number of rotatable bonds is 5. The minimum atomic E-state index is -0.234. The summed E-state index contributed by atoms with van der Waals surface area (Å²) in [7, 11) is 0. The van der Waals surface area contributed by atoms with Crippen LogP contribution < -0.4 is 16.0 Å². The van der Waals surface area contributed by atoms with Gasteiger partial charge in [0.2, 0.25) is 0 Å². The van der Waals surface area contributed by atoms with Crippen molar-refractivity contribution < 1.29 is 9.13 Å². The first-order valence-corrected chi connectivity index (χ1v) is 7.22. The van der Waals surface area contributed by atoms with Crippen LogP contribution in [0.2, 0.25) is 0 Å². The molecule has 0 saturated carbocycles. The zero-order valence-corrected chi connectivity index (χ0v) is 11.8. The zero-order chi connectivity index (χ0) is 14.7. The summed E-state index contributed by atoms with van der Waals surface area (Å²) in [6.07, 6.45) is 2.68. The number of fused-ring (bicyclic) bond motifs is 1. The van der Waals surface area contributed by atoms with Gasteiger partial charge < -0.3 is 4.74 Å². The van der Waals surface area contributed by atoms with Gasteiger partial charge in [0.15, 0.2) is 0 Å². The Morgan fingerprint density at radius 1 is 1.24 bits per heavy atom. The second-order valence-corrected chi connectivity index (χ2v) is 5.35. The van der Waals surface area contributed by atoms with Gasteiger partial charge in [-0.15, -0.1) is 0 Å². The van der Waals surface area contributed by atoms with Gasteiger partial charge in [-0.05, 0) is 47.7 Å². The predicted octanol–water partition coefficient (Wildman–Crippen LogP) is 2.90. The molecule has 0 fully saturated rings. The Kier molecular flexibility index (Phi) is 4.18. The van der Waals surface area contributed by atoms with Crippen molar-refractivity contribution in [2.75, 3.05) is 6.61 Å². The lowest BCUT2D eigenvalue weighted by Crippen LogP contribution is -2.28. The van der Waals surface area contributed by atoms with E-state index >= 15 is 0 Å². The van der Waals surface area contributed by atoms with Crippen LogP contribution in [0.3, 0.4) is 0 Å². The van der Waals surface area contributed by atoms with Crippen LogP contribution in [0, 0.1) is 5.82 Å². The summed E-state index contributed by atoms with van der Waals surface area (Å²) in [6.45, 7) is 0.773. The maximum atomic E-state index is 13.3. The van der Waals surface area contributed by atoms with E-state index in [0.717, 1.165) is 37.2 Å². The summed E-state index contributed by atoms with van der Waals surface area (Å²) < 4.78 is 18.8. The van der Waals surface area contributed by atoms with E-state index < -0.39 is 0 Å². The zero-order valence-electron chi connectivity index (χ0n) is 11.8. The van der Waals surface area contributed by atoms with Crippen LogP contribution in [0.25, 0.3) is 0 Å². The van der Waals surface area contributed by atoms with Gasteiger partial charge in [-0.25, -0.2) is 4.39 Å². The van der Waals surface area contributed by atoms with Crippen molar-refractivity contribution in [3.05, 3.63) is 65.0 Å². The third kappa shape index (κ3) is 3.23. The molecule has 2 aromatic rings. The Hall–Kier alpha value is -1.91. The Morgan fingerprint density at radius 2 is 2.14 bits per heavy atom. The molecule has 0 spiro atoms. The highest BCUT2D eigenvalue weighted by Crippen LogP contribution is 2.27. The third-order valence-electron chi connectivity index (χ3n) is 3.93. The molecule has 2 aromatic carbocycles. The van der Waals surface area contributed by atoms with Crippen LogP contribution in [0.5, 0.6) is 5.75 Å². The molecule has 1 aliphatic rings. The topological polar surface area (TPSA) is 47.3 Å². The number of hydrogen-bond donors (Lipinski definition) is 2. The van der Waals surface area contributed by atoms with Crippen LogP contribution >= 0.6 is 0 Å². The van der Waals surface area contributed by atoms with E-state index in [-0.39, 0.29) is 11.9 Å². The summed E-state index contributed by atoms with van der Waals surface area (Å²) in [6, 6.07) is 12.8. The normalized spacial score (nSPS) is 14.6. The lowest BCUT2D eigenvalue weighted by atomic mass is 9.98. The second kappa shape index (κ2) is 6.24. The highest BCUT2D eigenvalue weighted by Gasteiger charge is 2.14. The first-order chi connectivity index (χ1) is 10.3. The number of aryl methyl sites for hydroxylation is 1. The van der Waals surface area contributed by atoms with E-state index in [9.17, 15) is 4.39 Å². The molecule has 0 radical (unpaired) electrons. The largest absolute Gasteiger partial charge is 0.493 e. The van der Waals surface area contributed by atoms with Crippen molar-refractivity contribution in [3.63, 3.8) is 0 Å². The quantitative estimate of drug-likeness (QED) is 0.656. The van der Waals surface area contributed by atoms with Crippen molar-refractivity contribution in [1.29, 1.82) is 0 Å². The van der Waals surface area contributed by atoms with Crippen LogP contribution in [0.4, 0.5) is 4.39 Å². The number of benzene rings is 2. The summed E-state index contributed by atoms with van der Waals surface area (Å²) in [4.78, 5) is 0. The molecule has 3 nitrogen and oxygen atoms in total. The fourth-order valence-electron chi connectivity index (χ4n) is 2.78. The molecular formula is C17H19FN2O. The molecule has 0 aliphatic carbocycles. The lowest BCUT2D eigenvalue weighted by Gasteiger charge is -2.16. The Balaban J connectivity index is 1.68. The number of halogens is 1. The standard InChI is InChI=1S/C17H19FN2O/c18-15-3-1-2-13(11-15)16(20-19)6-4-12-5-7-17-14(10-12)8-9-21-17/h1-3,5,7,10-11,16,20H,4,6,8-9,19H2. The number of nitrogens with two attached hydrogens (primary N) is 1. The maximum Gasteiger partial charge on any atom is 0.123 e. The van der Waals surface area contributed by atoms with Gasteiger partial charge in [0.25, 0.3) is 0 Å². The average molecular weight is 286 g/mol. The second-order valence-electron chi connectivity index (χ2n) is 5.35. The van der Waals surface area contributed by atoms with Crippen molar-refractivity contribution in [3.8, 4) is 5.75 Å². The van der Waals surface area contributed by atoms with Gasteiger partial charge in [-0.2, -0.15) is 0 Å². The minimum Gasteiger partial charge on any atom is -0.493 e. The minimum absolute atomic E-state index is 0.0507. The first kappa shape index (κ1) is 14.0. The molecule has 4 heteroatoms. The molecule has 21 heavy (non-hydrogen) atoms. The molecule has 1 aliphatic heterocycles. The predicted molar refractivity (Wildman–Crippen MR) is 80.4 cm³/mol. The van der Waals surface area contributed by atoms with Crippen LogP contribution in [0.15, 0.2) is 42.5 Å². The molecule has 3 N–H and O–H groups in total.